The Morgan fingerprint density at radius 2 is 2.11 bits per heavy atom. The number of amides is 2. The van der Waals surface area contributed by atoms with Gasteiger partial charge < -0.3 is 10.6 Å². The summed E-state index contributed by atoms with van der Waals surface area (Å²) in [7, 11) is 0. The Hall–Kier alpha value is -1.84. The van der Waals surface area contributed by atoms with E-state index in [4.69, 9.17) is 0 Å². The summed E-state index contributed by atoms with van der Waals surface area (Å²) in [5.41, 5.74) is 1.06. The molecule has 96 valence electrons. The number of allylic oxidation sites excluding steroid dienone is 2. The Morgan fingerprint density at radius 1 is 1.28 bits per heavy atom. The molecular weight excluding hydrogens is 226 g/mol. The van der Waals surface area contributed by atoms with E-state index in [2.05, 4.69) is 27.8 Å². The summed E-state index contributed by atoms with van der Waals surface area (Å²) in [6, 6.07) is 3.69. The maximum Gasteiger partial charge on any atom is 0.315 e. The molecule has 1 aliphatic rings. The number of nitrogens with one attached hydrogen (secondary N) is 2. The van der Waals surface area contributed by atoms with Crippen molar-refractivity contribution in [2.45, 2.75) is 25.8 Å². The number of aromatic nitrogens is 1. The van der Waals surface area contributed by atoms with Gasteiger partial charge in [0.2, 0.25) is 0 Å². The molecule has 18 heavy (non-hydrogen) atoms. The summed E-state index contributed by atoms with van der Waals surface area (Å²) < 4.78 is 0. The fourth-order valence-electron chi connectivity index (χ4n) is 2.02. The summed E-state index contributed by atoms with van der Waals surface area (Å²) in [4.78, 5) is 15.5. The molecule has 0 bridgehead atoms. The lowest BCUT2D eigenvalue weighted by Crippen LogP contribution is -2.38. The van der Waals surface area contributed by atoms with Crippen LogP contribution >= 0.6 is 0 Å². The lowest BCUT2D eigenvalue weighted by atomic mass is 9.94. The largest absolute Gasteiger partial charge is 0.338 e. The van der Waals surface area contributed by atoms with Crippen LogP contribution < -0.4 is 10.6 Å². The van der Waals surface area contributed by atoms with Gasteiger partial charge in [0.25, 0.3) is 0 Å². The van der Waals surface area contributed by atoms with Crippen LogP contribution in [0.4, 0.5) is 4.79 Å². The third-order valence-electron chi connectivity index (χ3n) is 3.13. The van der Waals surface area contributed by atoms with Crippen molar-refractivity contribution in [2.24, 2.45) is 5.92 Å². The lowest BCUT2D eigenvalue weighted by molar-refractivity contribution is 0.238. The highest BCUT2D eigenvalue weighted by molar-refractivity contribution is 5.73. The monoisotopic (exact) mass is 245 g/mol. The van der Waals surface area contributed by atoms with Gasteiger partial charge in [-0.3, -0.25) is 4.98 Å². The SMILES string of the molecule is O=C(NCc1ccncc1)NCC1CC=CCC1. The summed E-state index contributed by atoms with van der Waals surface area (Å²) in [6.45, 7) is 1.30. The van der Waals surface area contributed by atoms with E-state index >= 15 is 0 Å². The van der Waals surface area contributed by atoms with Gasteiger partial charge in [-0.15, -0.1) is 0 Å². The van der Waals surface area contributed by atoms with Gasteiger partial charge in [-0.05, 0) is 42.9 Å². The second-order valence-electron chi connectivity index (χ2n) is 4.57. The van der Waals surface area contributed by atoms with Gasteiger partial charge >= 0.3 is 6.03 Å². The van der Waals surface area contributed by atoms with Gasteiger partial charge in [0.15, 0.2) is 0 Å². The summed E-state index contributed by atoms with van der Waals surface area (Å²) in [6.07, 6.45) is 11.2. The van der Waals surface area contributed by atoms with Crippen LogP contribution in [0.2, 0.25) is 0 Å². The number of rotatable bonds is 4. The van der Waals surface area contributed by atoms with Crippen molar-refractivity contribution in [1.29, 1.82) is 0 Å². The van der Waals surface area contributed by atoms with Crippen molar-refractivity contribution in [3.63, 3.8) is 0 Å². The molecule has 0 fully saturated rings. The van der Waals surface area contributed by atoms with Crippen LogP contribution in [-0.2, 0) is 6.54 Å². The predicted octanol–water partition coefficient (Wildman–Crippen LogP) is 2.24. The topological polar surface area (TPSA) is 54.0 Å². The minimum Gasteiger partial charge on any atom is -0.338 e. The van der Waals surface area contributed by atoms with E-state index in [0.29, 0.717) is 12.5 Å². The molecule has 0 aromatic carbocycles. The smallest absolute Gasteiger partial charge is 0.315 e. The minimum absolute atomic E-state index is 0.0960. The van der Waals surface area contributed by atoms with E-state index in [1.54, 1.807) is 12.4 Å². The Bertz CT molecular complexity index is 403. The molecule has 1 aromatic heterocycles. The maximum absolute atomic E-state index is 11.6. The van der Waals surface area contributed by atoms with Crippen molar-refractivity contribution in [3.8, 4) is 0 Å². The number of urea groups is 1. The van der Waals surface area contributed by atoms with E-state index in [1.165, 1.54) is 6.42 Å². The molecule has 4 nitrogen and oxygen atoms in total. The molecule has 1 atom stereocenters. The van der Waals surface area contributed by atoms with Crippen molar-refractivity contribution in [1.82, 2.24) is 15.6 Å². The number of hydrogen-bond acceptors (Lipinski definition) is 2. The van der Waals surface area contributed by atoms with Crippen molar-refractivity contribution in [2.75, 3.05) is 6.54 Å². The first-order valence-corrected chi connectivity index (χ1v) is 6.40. The molecule has 0 saturated heterocycles. The Balaban J connectivity index is 1.64. The molecule has 1 aliphatic carbocycles. The highest BCUT2D eigenvalue weighted by Crippen LogP contribution is 2.16. The Labute approximate surface area is 108 Å². The van der Waals surface area contributed by atoms with Gasteiger partial charge in [0.05, 0.1) is 0 Å². The average Bonchev–Trinajstić information content (AvgIpc) is 2.45. The second-order valence-corrected chi connectivity index (χ2v) is 4.57. The highest BCUT2D eigenvalue weighted by atomic mass is 16.2. The van der Waals surface area contributed by atoms with Gasteiger partial charge in [-0.25, -0.2) is 4.79 Å². The van der Waals surface area contributed by atoms with Crippen LogP contribution in [0.5, 0.6) is 0 Å². The zero-order chi connectivity index (χ0) is 12.6. The second kappa shape index (κ2) is 6.79. The number of nitrogens with zero attached hydrogens (tertiary/aromatic N) is 1. The number of hydrogen-bond donors (Lipinski definition) is 2. The van der Waals surface area contributed by atoms with Crippen LogP contribution in [0.15, 0.2) is 36.7 Å². The fourth-order valence-corrected chi connectivity index (χ4v) is 2.02. The highest BCUT2D eigenvalue weighted by Gasteiger charge is 2.10. The molecule has 0 aliphatic heterocycles. The van der Waals surface area contributed by atoms with Crippen LogP contribution in [0.1, 0.15) is 24.8 Å². The maximum atomic E-state index is 11.6. The normalized spacial score (nSPS) is 18.3. The zero-order valence-corrected chi connectivity index (χ0v) is 10.4. The van der Waals surface area contributed by atoms with E-state index in [-0.39, 0.29) is 6.03 Å². The zero-order valence-electron chi connectivity index (χ0n) is 10.4. The molecule has 2 amide bonds. The molecule has 4 heteroatoms. The van der Waals surface area contributed by atoms with Crippen molar-refractivity contribution >= 4 is 6.03 Å². The fraction of sp³-hybridized carbons (Fsp3) is 0.429. The van der Waals surface area contributed by atoms with E-state index < -0.39 is 0 Å². The van der Waals surface area contributed by atoms with E-state index in [9.17, 15) is 4.79 Å². The number of carbonyl (C=O) groups is 1. The first-order chi connectivity index (χ1) is 8.84. The average molecular weight is 245 g/mol. The molecule has 0 saturated carbocycles. The van der Waals surface area contributed by atoms with E-state index in [0.717, 1.165) is 24.9 Å². The van der Waals surface area contributed by atoms with E-state index in [1.807, 2.05) is 12.1 Å². The molecule has 1 heterocycles. The molecule has 1 unspecified atom stereocenters. The summed E-state index contributed by atoms with van der Waals surface area (Å²) in [5.74, 6) is 0.585. The molecule has 0 radical (unpaired) electrons. The van der Waals surface area contributed by atoms with Crippen molar-refractivity contribution < 1.29 is 4.79 Å². The van der Waals surface area contributed by atoms with Crippen LogP contribution in [0, 0.1) is 5.92 Å². The Morgan fingerprint density at radius 3 is 2.83 bits per heavy atom. The summed E-state index contributed by atoms with van der Waals surface area (Å²) in [5, 5.41) is 5.77. The van der Waals surface area contributed by atoms with Crippen LogP contribution in [0.25, 0.3) is 0 Å². The number of carbonyl (C=O) groups excluding carboxylic acids is 1. The van der Waals surface area contributed by atoms with Crippen LogP contribution in [-0.4, -0.2) is 17.6 Å². The Kier molecular flexibility index (Phi) is 4.76. The van der Waals surface area contributed by atoms with Crippen LogP contribution in [0.3, 0.4) is 0 Å². The van der Waals surface area contributed by atoms with Gasteiger partial charge in [0, 0.05) is 25.5 Å². The predicted molar refractivity (Wildman–Crippen MR) is 71.0 cm³/mol. The number of pyridine rings is 1. The van der Waals surface area contributed by atoms with Gasteiger partial charge in [-0.1, -0.05) is 12.2 Å². The third-order valence-corrected chi connectivity index (χ3v) is 3.13. The first kappa shape index (κ1) is 12.6. The summed E-state index contributed by atoms with van der Waals surface area (Å²) >= 11 is 0. The van der Waals surface area contributed by atoms with Gasteiger partial charge in [0.1, 0.15) is 0 Å². The van der Waals surface area contributed by atoms with Gasteiger partial charge in [-0.2, -0.15) is 0 Å². The van der Waals surface area contributed by atoms with Crippen molar-refractivity contribution in [3.05, 3.63) is 42.2 Å². The quantitative estimate of drug-likeness (QED) is 0.799. The molecule has 0 spiro atoms. The molecule has 1 aromatic rings. The molecule has 2 N–H and O–H groups in total. The molecule has 2 rings (SSSR count). The lowest BCUT2D eigenvalue weighted by Gasteiger charge is -2.18. The standard InChI is InChI=1S/C14H19N3O/c18-14(16-10-12-4-2-1-3-5-12)17-11-13-6-8-15-9-7-13/h1-2,6-9,12H,3-5,10-11H2,(H2,16,17,18). The minimum atomic E-state index is -0.0960. The third kappa shape index (κ3) is 4.20. The molecular formula is C14H19N3O. The first-order valence-electron chi connectivity index (χ1n) is 6.40.